The van der Waals surface area contributed by atoms with Crippen LogP contribution in [0.1, 0.15) is 5.56 Å². The predicted molar refractivity (Wildman–Crippen MR) is 81.8 cm³/mol. The van der Waals surface area contributed by atoms with Gasteiger partial charge in [0.05, 0.1) is 0 Å². The summed E-state index contributed by atoms with van der Waals surface area (Å²) in [6.07, 6.45) is 0.575. The lowest BCUT2D eigenvalue weighted by molar-refractivity contribution is 0.236. The lowest BCUT2D eigenvalue weighted by Gasteiger charge is -2.11. The predicted octanol–water partition coefficient (Wildman–Crippen LogP) is 2.79. The second kappa shape index (κ2) is 5.48. The molecule has 1 aromatic heterocycles. The average Bonchev–Trinajstić information content (AvgIpc) is 3.02. The fourth-order valence-corrected chi connectivity index (χ4v) is 5.55. The third kappa shape index (κ3) is 2.76. The van der Waals surface area contributed by atoms with Crippen LogP contribution in [0.15, 0.2) is 44.4 Å². The molecule has 0 spiro atoms. The molecule has 3 rings (SSSR count). The lowest BCUT2D eigenvalue weighted by atomic mass is 10.1. The van der Waals surface area contributed by atoms with E-state index < -0.39 is 10.0 Å². The minimum atomic E-state index is -3.48. The molecule has 0 radical (unpaired) electrons. The van der Waals surface area contributed by atoms with E-state index in [-0.39, 0.29) is 12.6 Å². The van der Waals surface area contributed by atoms with Crippen LogP contribution >= 0.6 is 27.3 Å². The van der Waals surface area contributed by atoms with Crippen LogP contribution < -0.4 is 9.46 Å². The molecule has 0 saturated carbocycles. The minimum Gasteiger partial charge on any atom is -0.488 e. The van der Waals surface area contributed by atoms with E-state index in [1.54, 1.807) is 11.4 Å². The van der Waals surface area contributed by atoms with Crippen molar-refractivity contribution in [2.75, 3.05) is 6.54 Å². The molecule has 1 aliphatic rings. The maximum absolute atomic E-state index is 12.2. The SMILES string of the molecule is O=S(=O)(NCC1Cc2ccccc2O1)c1sccc1Br. The lowest BCUT2D eigenvalue weighted by Crippen LogP contribution is -2.34. The molecule has 0 aliphatic carbocycles. The Kier molecular flexibility index (Phi) is 3.85. The third-order valence-electron chi connectivity index (χ3n) is 3.04. The van der Waals surface area contributed by atoms with Crippen molar-refractivity contribution in [2.45, 2.75) is 16.7 Å². The normalized spacial score (nSPS) is 17.8. The van der Waals surface area contributed by atoms with Crippen molar-refractivity contribution in [3.63, 3.8) is 0 Å². The Morgan fingerprint density at radius 1 is 1.35 bits per heavy atom. The summed E-state index contributed by atoms with van der Waals surface area (Å²) in [5.74, 6) is 0.842. The molecule has 20 heavy (non-hydrogen) atoms. The Morgan fingerprint density at radius 3 is 2.85 bits per heavy atom. The van der Waals surface area contributed by atoms with Crippen molar-refractivity contribution in [3.8, 4) is 5.75 Å². The minimum absolute atomic E-state index is 0.152. The molecule has 0 amide bonds. The van der Waals surface area contributed by atoms with Crippen LogP contribution in [0.3, 0.4) is 0 Å². The Morgan fingerprint density at radius 2 is 2.15 bits per heavy atom. The summed E-state index contributed by atoms with van der Waals surface area (Å²) in [5.41, 5.74) is 1.12. The van der Waals surface area contributed by atoms with E-state index in [1.165, 1.54) is 11.3 Å². The summed E-state index contributed by atoms with van der Waals surface area (Å²) >= 11 is 4.43. The highest BCUT2D eigenvalue weighted by Crippen LogP contribution is 2.29. The number of hydrogen-bond acceptors (Lipinski definition) is 4. The van der Waals surface area contributed by atoms with Crippen LogP contribution in [0, 0.1) is 0 Å². The molecular formula is C13H12BrNO3S2. The van der Waals surface area contributed by atoms with Gasteiger partial charge in [-0.2, -0.15) is 0 Å². The molecule has 0 fully saturated rings. The van der Waals surface area contributed by atoms with E-state index in [1.807, 2.05) is 24.3 Å². The van der Waals surface area contributed by atoms with Crippen molar-refractivity contribution in [1.29, 1.82) is 0 Å². The van der Waals surface area contributed by atoms with Crippen LogP contribution in [0.4, 0.5) is 0 Å². The summed E-state index contributed by atoms with van der Waals surface area (Å²) in [6.45, 7) is 0.265. The largest absolute Gasteiger partial charge is 0.488 e. The van der Waals surface area contributed by atoms with Gasteiger partial charge in [-0.1, -0.05) is 18.2 Å². The molecule has 1 unspecified atom stereocenters. The van der Waals surface area contributed by atoms with E-state index in [0.717, 1.165) is 17.7 Å². The molecular weight excluding hydrogens is 362 g/mol. The van der Waals surface area contributed by atoms with E-state index >= 15 is 0 Å². The second-order valence-electron chi connectivity index (χ2n) is 4.46. The zero-order chi connectivity index (χ0) is 14.2. The van der Waals surface area contributed by atoms with Crippen LogP contribution in [0.5, 0.6) is 5.75 Å². The fourth-order valence-electron chi connectivity index (χ4n) is 2.11. The molecule has 2 aromatic rings. The quantitative estimate of drug-likeness (QED) is 0.896. The van der Waals surface area contributed by atoms with Gasteiger partial charge >= 0.3 is 0 Å². The number of para-hydroxylation sites is 1. The molecule has 7 heteroatoms. The van der Waals surface area contributed by atoms with Gasteiger partial charge in [-0.15, -0.1) is 11.3 Å². The average molecular weight is 374 g/mol. The number of halogens is 1. The van der Waals surface area contributed by atoms with E-state index in [9.17, 15) is 8.42 Å². The van der Waals surface area contributed by atoms with Crippen molar-refractivity contribution in [1.82, 2.24) is 4.72 Å². The Bertz CT molecular complexity index is 702. The fraction of sp³-hybridized carbons (Fsp3) is 0.231. The zero-order valence-electron chi connectivity index (χ0n) is 10.4. The Balaban J connectivity index is 1.66. The highest BCUT2D eigenvalue weighted by molar-refractivity contribution is 9.10. The second-order valence-corrected chi connectivity index (χ2v) is 8.19. The standard InChI is InChI=1S/C13H12BrNO3S2/c14-11-5-6-19-13(11)20(16,17)15-8-10-7-9-3-1-2-4-12(9)18-10/h1-6,10,15H,7-8H2. The maximum atomic E-state index is 12.2. The van der Waals surface area contributed by atoms with Gasteiger partial charge in [-0.25, -0.2) is 13.1 Å². The summed E-state index contributed by atoms with van der Waals surface area (Å²) in [7, 11) is -3.48. The number of ether oxygens (including phenoxy) is 1. The molecule has 0 saturated heterocycles. The van der Waals surface area contributed by atoms with Crippen molar-refractivity contribution in [3.05, 3.63) is 45.7 Å². The van der Waals surface area contributed by atoms with Gasteiger partial charge in [0, 0.05) is 17.4 Å². The van der Waals surface area contributed by atoms with Gasteiger partial charge in [0.1, 0.15) is 16.1 Å². The molecule has 106 valence electrons. The molecule has 4 nitrogen and oxygen atoms in total. The van der Waals surface area contributed by atoms with Crippen molar-refractivity contribution >= 4 is 37.3 Å². The van der Waals surface area contributed by atoms with Crippen LogP contribution in [0.25, 0.3) is 0 Å². The molecule has 0 bridgehead atoms. The molecule has 2 heterocycles. The topological polar surface area (TPSA) is 55.4 Å². The van der Waals surface area contributed by atoms with Crippen molar-refractivity contribution < 1.29 is 13.2 Å². The number of hydrogen-bond donors (Lipinski definition) is 1. The van der Waals surface area contributed by atoms with Gasteiger partial charge < -0.3 is 4.74 Å². The first-order valence-corrected chi connectivity index (χ1v) is 9.19. The smallest absolute Gasteiger partial charge is 0.251 e. The summed E-state index contributed by atoms with van der Waals surface area (Å²) in [5, 5.41) is 1.74. The van der Waals surface area contributed by atoms with E-state index in [4.69, 9.17) is 4.74 Å². The van der Waals surface area contributed by atoms with E-state index in [2.05, 4.69) is 20.7 Å². The molecule has 1 N–H and O–H groups in total. The number of fused-ring (bicyclic) bond motifs is 1. The Labute approximate surface area is 130 Å². The monoisotopic (exact) mass is 373 g/mol. The van der Waals surface area contributed by atoms with Crippen molar-refractivity contribution in [2.24, 2.45) is 0 Å². The third-order valence-corrected chi connectivity index (χ3v) is 7.14. The van der Waals surface area contributed by atoms with Crippen LogP contribution in [-0.2, 0) is 16.4 Å². The van der Waals surface area contributed by atoms with Gasteiger partial charge in [-0.3, -0.25) is 0 Å². The van der Waals surface area contributed by atoms with Crippen LogP contribution in [-0.4, -0.2) is 21.1 Å². The highest BCUT2D eigenvalue weighted by atomic mass is 79.9. The molecule has 1 aromatic carbocycles. The van der Waals surface area contributed by atoms with Gasteiger partial charge in [0.15, 0.2) is 0 Å². The number of thiophene rings is 1. The van der Waals surface area contributed by atoms with E-state index in [0.29, 0.717) is 8.68 Å². The van der Waals surface area contributed by atoms with Crippen LogP contribution in [0.2, 0.25) is 0 Å². The number of benzene rings is 1. The summed E-state index contributed by atoms with van der Waals surface area (Å²) in [6, 6.07) is 9.49. The van der Waals surface area contributed by atoms with Gasteiger partial charge in [0.25, 0.3) is 10.0 Å². The first-order valence-electron chi connectivity index (χ1n) is 6.03. The zero-order valence-corrected chi connectivity index (χ0v) is 13.6. The highest BCUT2D eigenvalue weighted by Gasteiger charge is 2.25. The maximum Gasteiger partial charge on any atom is 0.251 e. The first kappa shape index (κ1) is 14.1. The number of nitrogens with one attached hydrogen (secondary N) is 1. The number of sulfonamides is 1. The summed E-state index contributed by atoms with van der Waals surface area (Å²) in [4.78, 5) is 0. The molecule has 1 atom stereocenters. The Hall–Kier alpha value is -0.890. The molecule has 1 aliphatic heterocycles. The number of rotatable bonds is 4. The van der Waals surface area contributed by atoms with Gasteiger partial charge in [0.2, 0.25) is 0 Å². The van der Waals surface area contributed by atoms with Gasteiger partial charge in [-0.05, 0) is 39.0 Å². The first-order chi connectivity index (χ1) is 9.56. The summed E-state index contributed by atoms with van der Waals surface area (Å²) < 4.78 is 33.5.